The molecule has 114 valence electrons. The molecule has 0 saturated heterocycles. The Hall–Kier alpha value is -1.09. The van der Waals surface area contributed by atoms with Crippen LogP contribution in [0.4, 0.5) is 5.82 Å². The third kappa shape index (κ3) is 4.78. The average Bonchev–Trinajstić information content (AvgIpc) is 2.47. The lowest BCUT2D eigenvalue weighted by Gasteiger charge is -2.29. The van der Waals surface area contributed by atoms with Gasteiger partial charge in [-0.15, -0.1) is 0 Å². The molecule has 0 spiro atoms. The molecule has 0 aliphatic heterocycles. The van der Waals surface area contributed by atoms with E-state index in [9.17, 15) is 0 Å². The van der Waals surface area contributed by atoms with Crippen LogP contribution in [0.1, 0.15) is 58.7 Å². The van der Waals surface area contributed by atoms with Crippen LogP contribution in [0.15, 0.2) is 12.1 Å². The van der Waals surface area contributed by atoms with Gasteiger partial charge in [-0.3, -0.25) is 0 Å². The molecular weight excluding hydrogens is 246 g/mol. The van der Waals surface area contributed by atoms with Crippen molar-refractivity contribution >= 4 is 5.82 Å². The zero-order valence-corrected chi connectivity index (χ0v) is 13.9. The van der Waals surface area contributed by atoms with Crippen molar-refractivity contribution in [3.63, 3.8) is 0 Å². The number of nitrogens with one attached hydrogen (secondary N) is 1. The molecule has 20 heavy (non-hydrogen) atoms. The van der Waals surface area contributed by atoms with E-state index in [4.69, 9.17) is 4.98 Å². The van der Waals surface area contributed by atoms with Crippen LogP contribution >= 0.6 is 0 Å². The quantitative estimate of drug-likeness (QED) is 0.696. The van der Waals surface area contributed by atoms with Gasteiger partial charge in [-0.2, -0.15) is 0 Å². The number of hydrogen-bond donors (Lipinski definition) is 1. The molecule has 0 aliphatic rings. The fourth-order valence-electron chi connectivity index (χ4n) is 2.39. The normalized spacial score (nSPS) is 12.4. The number of rotatable bonds is 9. The molecular formula is C17H31N3. The maximum Gasteiger partial charge on any atom is 0.129 e. The summed E-state index contributed by atoms with van der Waals surface area (Å²) in [4.78, 5) is 7.22. The number of hydrogen-bond acceptors (Lipinski definition) is 3. The van der Waals surface area contributed by atoms with E-state index in [1.54, 1.807) is 0 Å². The summed E-state index contributed by atoms with van der Waals surface area (Å²) in [6.45, 7) is 14.1. The van der Waals surface area contributed by atoms with Gasteiger partial charge in [-0.1, -0.05) is 20.8 Å². The fraction of sp³-hybridized carbons (Fsp3) is 0.706. The Labute approximate surface area is 124 Å². The molecule has 0 bridgehead atoms. The molecule has 0 saturated carbocycles. The van der Waals surface area contributed by atoms with Crippen molar-refractivity contribution in [2.24, 2.45) is 0 Å². The summed E-state index contributed by atoms with van der Waals surface area (Å²) in [5, 5.41) is 3.48. The van der Waals surface area contributed by atoms with E-state index in [2.05, 4.69) is 57.0 Å². The first-order chi connectivity index (χ1) is 9.65. The summed E-state index contributed by atoms with van der Waals surface area (Å²) >= 11 is 0. The lowest BCUT2D eigenvalue weighted by molar-refractivity contribution is 0.620. The van der Waals surface area contributed by atoms with E-state index in [1.165, 1.54) is 17.7 Å². The van der Waals surface area contributed by atoms with Crippen LogP contribution < -0.4 is 10.2 Å². The van der Waals surface area contributed by atoms with Gasteiger partial charge in [0.2, 0.25) is 0 Å². The molecule has 1 rings (SSSR count). The van der Waals surface area contributed by atoms with E-state index in [0.29, 0.717) is 6.04 Å². The van der Waals surface area contributed by atoms with Gasteiger partial charge in [-0.25, -0.2) is 4.98 Å². The van der Waals surface area contributed by atoms with E-state index in [-0.39, 0.29) is 0 Å². The van der Waals surface area contributed by atoms with Crippen molar-refractivity contribution in [1.29, 1.82) is 0 Å². The van der Waals surface area contributed by atoms with Crippen LogP contribution in [-0.2, 0) is 13.0 Å². The topological polar surface area (TPSA) is 28.2 Å². The lowest BCUT2D eigenvalue weighted by Crippen LogP contribution is -2.33. The summed E-state index contributed by atoms with van der Waals surface area (Å²) < 4.78 is 0. The molecule has 0 aliphatic carbocycles. The van der Waals surface area contributed by atoms with E-state index >= 15 is 0 Å². The smallest absolute Gasteiger partial charge is 0.129 e. The van der Waals surface area contributed by atoms with Gasteiger partial charge in [0.15, 0.2) is 0 Å². The first-order valence-electron chi connectivity index (χ1n) is 8.13. The Morgan fingerprint density at radius 1 is 1.20 bits per heavy atom. The SMILES string of the molecule is CCCNCc1cc(CC)nc(N(CC)C(C)CC)c1. The van der Waals surface area contributed by atoms with Crippen LogP contribution in [0, 0.1) is 0 Å². The fourth-order valence-corrected chi connectivity index (χ4v) is 2.39. The summed E-state index contributed by atoms with van der Waals surface area (Å²) in [7, 11) is 0. The van der Waals surface area contributed by atoms with Crippen molar-refractivity contribution in [1.82, 2.24) is 10.3 Å². The highest BCUT2D eigenvalue weighted by Gasteiger charge is 2.13. The largest absolute Gasteiger partial charge is 0.354 e. The summed E-state index contributed by atoms with van der Waals surface area (Å²) in [6.07, 6.45) is 3.31. The summed E-state index contributed by atoms with van der Waals surface area (Å²) in [5.41, 5.74) is 2.54. The Morgan fingerprint density at radius 3 is 2.50 bits per heavy atom. The number of anilines is 1. The minimum absolute atomic E-state index is 0.538. The molecule has 0 amide bonds. The highest BCUT2D eigenvalue weighted by Crippen LogP contribution is 2.19. The third-order valence-corrected chi connectivity index (χ3v) is 3.80. The first kappa shape index (κ1) is 17.0. The highest BCUT2D eigenvalue weighted by molar-refractivity contribution is 5.43. The predicted octanol–water partition coefficient (Wildman–Crippen LogP) is 3.77. The second kappa shape index (κ2) is 8.96. The maximum atomic E-state index is 4.82. The molecule has 1 heterocycles. The van der Waals surface area contributed by atoms with Crippen molar-refractivity contribution in [2.45, 2.75) is 66.5 Å². The highest BCUT2D eigenvalue weighted by atomic mass is 15.2. The third-order valence-electron chi connectivity index (χ3n) is 3.80. The lowest BCUT2D eigenvalue weighted by atomic mass is 10.1. The number of pyridine rings is 1. The second-order valence-corrected chi connectivity index (χ2v) is 5.40. The van der Waals surface area contributed by atoms with E-state index in [1.807, 2.05) is 0 Å². The number of aromatic nitrogens is 1. The number of aryl methyl sites for hydroxylation is 1. The minimum atomic E-state index is 0.538. The molecule has 3 nitrogen and oxygen atoms in total. The zero-order chi connectivity index (χ0) is 15.0. The second-order valence-electron chi connectivity index (χ2n) is 5.40. The monoisotopic (exact) mass is 277 g/mol. The van der Waals surface area contributed by atoms with Crippen LogP contribution in [0.3, 0.4) is 0 Å². The molecule has 0 radical (unpaired) electrons. The zero-order valence-electron chi connectivity index (χ0n) is 13.9. The number of nitrogens with zero attached hydrogens (tertiary/aromatic N) is 2. The standard InChI is InChI=1S/C17H31N3/c1-6-10-18-13-15-11-16(8-3)19-17(12-15)20(9-4)14(5)7-2/h11-12,14,18H,6-10,13H2,1-5H3. The first-order valence-corrected chi connectivity index (χ1v) is 8.13. The molecule has 0 fully saturated rings. The van der Waals surface area contributed by atoms with Gasteiger partial charge in [0.05, 0.1) is 0 Å². The van der Waals surface area contributed by atoms with E-state index in [0.717, 1.165) is 38.3 Å². The minimum Gasteiger partial charge on any atom is -0.354 e. The Kier molecular flexibility index (Phi) is 7.60. The molecule has 1 aromatic rings. The molecule has 1 unspecified atom stereocenters. The van der Waals surface area contributed by atoms with E-state index < -0.39 is 0 Å². The van der Waals surface area contributed by atoms with Gasteiger partial charge < -0.3 is 10.2 Å². The van der Waals surface area contributed by atoms with Crippen LogP contribution in [-0.4, -0.2) is 24.1 Å². The molecule has 1 aromatic heterocycles. The van der Waals surface area contributed by atoms with Crippen LogP contribution in [0.25, 0.3) is 0 Å². The van der Waals surface area contributed by atoms with Gasteiger partial charge in [-0.05, 0) is 57.4 Å². The van der Waals surface area contributed by atoms with Crippen LogP contribution in [0.2, 0.25) is 0 Å². The maximum absolute atomic E-state index is 4.82. The molecule has 1 atom stereocenters. The summed E-state index contributed by atoms with van der Waals surface area (Å²) in [5.74, 6) is 1.13. The van der Waals surface area contributed by atoms with Crippen molar-refractivity contribution < 1.29 is 0 Å². The predicted molar refractivity (Wildman–Crippen MR) is 88.4 cm³/mol. The Bertz CT molecular complexity index is 390. The Morgan fingerprint density at radius 2 is 1.95 bits per heavy atom. The Balaban J connectivity index is 2.96. The molecule has 0 aromatic carbocycles. The molecule has 3 heteroatoms. The van der Waals surface area contributed by atoms with Gasteiger partial charge >= 0.3 is 0 Å². The van der Waals surface area contributed by atoms with Crippen molar-refractivity contribution in [2.75, 3.05) is 18.0 Å². The van der Waals surface area contributed by atoms with Gasteiger partial charge in [0.25, 0.3) is 0 Å². The van der Waals surface area contributed by atoms with Gasteiger partial charge in [0.1, 0.15) is 5.82 Å². The summed E-state index contributed by atoms with van der Waals surface area (Å²) in [6, 6.07) is 5.02. The molecule has 1 N–H and O–H groups in total. The van der Waals surface area contributed by atoms with Gasteiger partial charge in [0, 0.05) is 24.8 Å². The van der Waals surface area contributed by atoms with Crippen LogP contribution in [0.5, 0.6) is 0 Å². The average molecular weight is 277 g/mol. The van der Waals surface area contributed by atoms with Crippen molar-refractivity contribution in [3.05, 3.63) is 23.4 Å². The van der Waals surface area contributed by atoms with Crippen molar-refractivity contribution in [3.8, 4) is 0 Å².